The second-order valence-electron chi connectivity index (χ2n) is 13.2. The van der Waals surface area contributed by atoms with Gasteiger partial charge in [0, 0.05) is 58.5 Å². The maximum absolute atomic E-state index is 11.7. The summed E-state index contributed by atoms with van der Waals surface area (Å²) in [7, 11) is -1.41. The van der Waals surface area contributed by atoms with Crippen molar-refractivity contribution in [3.8, 4) is 11.3 Å². The fraction of sp³-hybridized carbons (Fsp3) is 0.410. The molecule has 2 aromatic heterocycles. The van der Waals surface area contributed by atoms with Crippen molar-refractivity contribution < 1.29 is 31.4 Å². The minimum Gasteiger partial charge on any atom is -0.512 e. The van der Waals surface area contributed by atoms with Crippen LogP contribution in [-0.4, -0.2) is 28.9 Å². The summed E-state index contributed by atoms with van der Waals surface area (Å²) < 4.78 is 10.6. The number of aromatic nitrogens is 2. The van der Waals surface area contributed by atoms with Gasteiger partial charge in [0.1, 0.15) is 7.67 Å². The van der Waals surface area contributed by atoms with Gasteiger partial charge in [-0.15, -0.1) is 40.5 Å². The smallest absolute Gasteiger partial charge is 0.162 e. The average molecular weight is 831 g/mol. The Hall–Kier alpha value is -2.70. The molecule has 0 saturated carbocycles. The normalized spacial score (nSPS) is 12.5. The van der Waals surface area contributed by atoms with Crippen LogP contribution in [0.25, 0.3) is 42.3 Å². The van der Waals surface area contributed by atoms with Crippen molar-refractivity contribution in [1.82, 2.24) is 9.97 Å². The number of carbonyl (C=O) groups is 1. The zero-order valence-electron chi connectivity index (χ0n) is 29.7. The van der Waals surface area contributed by atoms with Gasteiger partial charge in [0.25, 0.3) is 0 Å². The Labute approximate surface area is 295 Å². The second kappa shape index (κ2) is 16.4. The fourth-order valence-electron chi connectivity index (χ4n) is 5.82. The van der Waals surface area contributed by atoms with Crippen LogP contribution in [0.3, 0.4) is 0 Å². The molecule has 4 nitrogen and oxygen atoms in total. The number of hydrogen-bond donors (Lipinski definition) is 1. The van der Waals surface area contributed by atoms with Gasteiger partial charge >= 0.3 is 0 Å². The minimum absolute atomic E-state index is 0. The first-order valence-electron chi connectivity index (χ1n) is 16.9. The summed E-state index contributed by atoms with van der Waals surface area (Å²) in [6.07, 6.45) is 4.97. The van der Waals surface area contributed by atoms with Crippen LogP contribution in [-0.2, 0) is 24.9 Å². The van der Waals surface area contributed by atoms with Gasteiger partial charge in [-0.25, -0.2) is 4.98 Å². The number of aliphatic hydroxyl groups is 1. The van der Waals surface area contributed by atoms with E-state index in [0.717, 1.165) is 57.9 Å². The van der Waals surface area contributed by atoms with E-state index >= 15 is 0 Å². The largest absolute Gasteiger partial charge is 0.512 e. The van der Waals surface area contributed by atoms with E-state index in [1.807, 2.05) is 27.7 Å². The van der Waals surface area contributed by atoms with Gasteiger partial charge in [0.15, 0.2) is 5.78 Å². The SMILES string of the molecule is CCC(CC)C(=O)/C=C(\O)C(CC)CC.[2H]c1nc(-c2[c-]c3ccccc3c(C(C)C)c2)c2sc3cc([Si](C)(C)C)ccc3c2n1.[Ir]. The molecule has 0 aliphatic carbocycles. The monoisotopic (exact) mass is 831 g/mol. The van der Waals surface area contributed by atoms with Crippen LogP contribution in [0.4, 0.5) is 0 Å². The van der Waals surface area contributed by atoms with Crippen molar-refractivity contribution >= 4 is 61.5 Å². The summed E-state index contributed by atoms with van der Waals surface area (Å²) in [5.74, 6) is 0.930. The summed E-state index contributed by atoms with van der Waals surface area (Å²) >= 11 is 1.74. The fourth-order valence-corrected chi connectivity index (χ4v) is 8.27. The first-order chi connectivity index (χ1) is 21.8. The van der Waals surface area contributed by atoms with Gasteiger partial charge in [-0.05, 0) is 37.7 Å². The number of ketones is 1. The predicted molar refractivity (Wildman–Crippen MR) is 198 cm³/mol. The molecule has 1 N–H and O–H groups in total. The zero-order valence-corrected chi connectivity index (χ0v) is 33.0. The van der Waals surface area contributed by atoms with Gasteiger partial charge in [-0.1, -0.05) is 108 Å². The van der Waals surface area contributed by atoms with Crippen molar-refractivity contribution in [2.75, 3.05) is 0 Å². The van der Waals surface area contributed by atoms with Crippen LogP contribution in [0.15, 0.2) is 66.7 Å². The minimum atomic E-state index is -1.41. The Morgan fingerprint density at radius 3 is 2.22 bits per heavy atom. The van der Waals surface area contributed by atoms with Gasteiger partial charge in [-0.3, -0.25) is 9.78 Å². The third kappa shape index (κ3) is 8.41. The molecule has 247 valence electrons. The quantitative estimate of drug-likeness (QED) is 0.0659. The number of fused-ring (bicyclic) bond motifs is 4. The summed E-state index contributed by atoms with van der Waals surface area (Å²) in [4.78, 5) is 20.8. The van der Waals surface area contributed by atoms with E-state index in [1.54, 1.807) is 11.3 Å². The molecule has 0 aliphatic heterocycles. The number of rotatable bonds is 10. The molecule has 0 fully saturated rings. The number of aliphatic hydroxyl groups excluding tert-OH is 1. The summed E-state index contributed by atoms with van der Waals surface area (Å²) in [6.45, 7) is 19.6. The number of thiophene rings is 1. The van der Waals surface area contributed by atoms with Crippen molar-refractivity contribution in [2.24, 2.45) is 11.8 Å². The molecule has 0 aliphatic rings. The van der Waals surface area contributed by atoms with E-state index in [1.165, 1.54) is 26.9 Å². The molecular weight excluding hydrogens is 781 g/mol. The molecular formula is C39H49IrN2O2SSi-. The summed E-state index contributed by atoms with van der Waals surface area (Å²) in [5, 5.41) is 14.6. The van der Waals surface area contributed by atoms with Gasteiger partial charge in [0.05, 0.1) is 19.3 Å². The number of nitrogens with zero attached hydrogens (tertiary/aromatic N) is 2. The molecule has 1 radical (unpaired) electrons. The zero-order chi connectivity index (χ0) is 33.8. The molecule has 5 rings (SSSR count). The predicted octanol–water partition coefficient (Wildman–Crippen LogP) is 11.0. The topological polar surface area (TPSA) is 63.1 Å². The molecule has 0 amide bonds. The number of allylic oxidation sites excluding steroid dienone is 2. The van der Waals surface area contributed by atoms with Crippen LogP contribution in [0.5, 0.6) is 0 Å². The summed E-state index contributed by atoms with van der Waals surface area (Å²) in [5.41, 5.74) is 3.92. The van der Waals surface area contributed by atoms with Gasteiger partial charge in [0.2, 0.25) is 0 Å². The van der Waals surface area contributed by atoms with Crippen molar-refractivity contribution in [2.45, 2.75) is 92.8 Å². The molecule has 0 bridgehead atoms. The Balaban J connectivity index is 0.000000322. The first-order valence-corrected chi connectivity index (χ1v) is 20.7. The van der Waals surface area contributed by atoms with Gasteiger partial charge < -0.3 is 5.11 Å². The Bertz CT molecular complexity index is 1870. The van der Waals surface area contributed by atoms with E-state index in [9.17, 15) is 9.90 Å². The molecule has 3 aromatic carbocycles. The average Bonchev–Trinajstić information content (AvgIpc) is 3.39. The molecule has 2 heterocycles. The van der Waals surface area contributed by atoms with Crippen molar-refractivity contribution in [3.63, 3.8) is 0 Å². The van der Waals surface area contributed by atoms with Crippen LogP contribution in [0, 0.1) is 17.9 Å². The maximum Gasteiger partial charge on any atom is 0.162 e. The van der Waals surface area contributed by atoms with E-state index in [0.29, 0.717) is 5.92 Å². The van der Waals surface area contributed by atoms with Crippen LogP contribution >= 0.6 is 11.3 Å². The number of benzene rings is 3. The second-order valence-corrected chi connectivity index (χ2v) is 19.4. The molecule has 0 spiro atoms. The van der Waals surface area contributed by atoms with E-state index in [4.69, 9.17) is 1.37 Å². The number of carbonyl (C=O) groups excluding carboxylic acids is 1. The van der Waals surface area contributed by atoms with E-state index < -0.39 is 8.07 Å². The molecule has 46 heavy (non-hydrogen) atoms. The van der Waals surface area contributed by atoms with Crippen LogP contribution in [0.2, 0.25) is 19.6 Å². The Morgan fingerprint density at radius 1 is 0.957 bits per heavy atom. The first kappa shape index (κ1) is 36.1. The Kier molecular flexibility index (Phi) is 12.9. The van der Waals surface area contributed by atoms with E-state index in [2.05, 4.69) is 98.1 Å². The van der Waals surface area contributed by atoms with Crippen molar-refractivity contribution in [3.05, 3.63) is 78.3 Å². The molecule has 0 atom stereocenters. The van der Waals surface area contributed by atoms with Crippen LogP contribution < -0.4 is 5.19 Å². The Morgan fingerprint density at radius 2 is 1.61 bits per heavy atom. The molecule has 7 heteroatoms. The van der Waals surface area contributed by atoms with Crippen molar-refractivity contribution in [1.29, 1.82) is 0 Å². The molecule has 5 aromatic rings. The van der Waals surface area contributed by atoms with E-state index in [-0.39, 0.29) is 49.8 Å². The molecule has 0 saturated heterocycles. The van der Waals surface area contributed by atoms with Crippen LogP contribution in [0.1, 0.15) is 80.1 Å². The maximum atomic E-state index is 11.7. The standard InChI is InChI=1S/C26H25N2SSi.C13H24O2.Ir/c1-16(2)22-13-18(12-17-8-6-7-9-20(17)22)24-26-25(28-15-27-24)21-11-10-19(30(3,4)5)14-23(21)29-26;1-5-10(6-2)12(14)9-13(15)11(7-3)8-4;/h6-11,13-16H,1-5H3;9-11,14H,5-8H2,1-4H3;/q-1;;/b;12-9-;/i15D;;. The van der Waals surface area contributed by atoms with Gasteiger partial charge in [-0.2, -0.15) is 0 Å². The molecule has 0 unspecified atom stereocenters. The third-order valence-electron chi connectivity index (χ3n) is 8.83. The third-order valence-corrected chi connectivity index (χ3v) is 12.0. The summed E-state index contributed by atoms with van der Waals surface area (Å²) in [6, 6.07) is 20.9. The number of hydrogen-bond acceptors (Lipinski definition) is 5.